The molecule has 0 amide bonds. The lowest BCUT2D eigenvalue weighted by atomic mass is 10.0. The molecule has 0 bridgehead atoms. The summed E-state index contributed by atoms with van der Waals surface area (Å²) in [6.45, 7) is 3.22. The van der Waals surface area contributed by atoms with Crippen molar-refractivity contribution >= 4 is 5.97 Å². The first-order valence-corrected chi connectivity index (χ1v) is 7.16. The zero-order valence-corrected chi connectivity index (χ0v) is 12.6. The summed E-state index contributed by atoms with van der Waals surface area (Å²) < 4.78 is 4.71. The van der Waals surface area contributed by atoms with Crippen LogP contribution in [0.4, 0.5) is 0 Å². The second kappa shape index (κ2) is 6.86. The summed E-state index contributed by atoms with van der Waals surface area (Å²) in [5, 5.41) is 0. The van der Waals surface area contributed by atoms with E-state index < -0.39 is 0 Å². The number of hydrogen-bond donors (Lipinski definition) is 0. The Balaban J connectivity index is 1.94. The number of likely N-dealkylation sites (tertiary alicyclic amines) is 1. The third-order valence-electron chi connectivity index (χ3n) is 3.99. The van der Waals surface area contributed by atoms with Crippen LogP contribution < -0.4 is 0 Å². The minimum atomic E-state index is -0.276. The molecule has 1 aliphatic heterocycles. The molecule has 0 spiro atoms. The Bertz CT molecular complexity index is 442. The fourth-order valence-electron chi connectivity index (χ4n) is 2.72. The molecule has 0 aromatic heterocycles. The highest BCUT2D eigenvalue weighted by molar-refractivity contribution is 5.89. The van der Waals surface area contributed by atoms with Crippen molar-refractivity contribution in [3.63, 3.8) is 0 Å². The predicted molar refractivity (Wildman–Crippen MR) is 79.8 cm³/mol. The molecule has 1 atom stereocenters. The van der Waals surface area contributed by atoms with Crippen LogP contribution in [0.1, 0.15) is 28.8 Å². The third-order valence-corrected chi connectivity index (χ3v) is 3.99. The highest BCUT2D eigenvalue weighted by Gasteiger charge is 2.21. The molecule has 1 aromatic carbocycles. The SMILES string of the molecule is COC(=O)c1ccc(CN2CCCC(N(C)C)C2)cc1. The molecule has 1 aliphatic rings. The lowest BCUT2D eigenvalue weighted by Gasteiger charge is -2.36. The van der Waals surface area contributed by atoms with Crippen LogP contribution in [0.3, 0.4) is 0 Å². The number of esters is 1. The smallest absolute Gasteiger partial charge is 0.337 e. The third kappa shape index (κ3) is 3.81. The van der Waals surface area contributed by atoms with Crippen molar-refractivity contribution < 1.29 is 9.53 Å². The van der Waals surface area contributed by atoms with Crippen molar-refractivity contribution in [2.24, 2.45) is 0 Å². The Morgan fingerprint density at radius 2 is 2.05 bits per heavy atom. The average Bonchev–Trinajstić information content (AvgIpc) is 2.47. The van der Waals surface area contributed by atoms with Gasteiger partial charge >= 0.3 is 5.97 Å². The van der Waals surface area contributed by atoms with Crippen LogP contribution in [0.2, 0.25) is 0 Å². The molecule has 1 fully saturated rings. The Labute approximate surface area is 121 Å². The van der Waals surface area contributed by atoms with Gasteiger partial charge in [-0.1, -0.05) is 12.1 Å². The number of carbonyl (C=O) groups excluding carboxylic acids is 1. The van der Waals surface area contributed by atoms with Gasteiger partial charge < -0.3 is 9.64 Å². The number of rotatable bonds is 4. The first kappa shape index (κ1) is 15.0. The number of likely N-dealkylation sites (N-methyl/N-ethyl adjacent to an activating group) is 1. The quantitative estimate of drug-likeness (QED) is 0.788. The van der Waals surface area contributed by atoms with E-state index in [0.29, 0.717) is 11.6 Å². The number of nitrogens with zero attached hydrogens (tertiary/aromatic N) is 2. The minimum absolute atomic E-state index is 0.276. The van der Waals surface area contributed by atoms with Gasteiger partial charge in [0.2, 0.25) is 0 Å². The van der Waals surface area contributed by atoms with Gasteiger partial charge in [0.05, 0.1) is 12.7 Å². The maximum absolute atomic E-state index is 11.4. The van der Waals surface area contributed by atoms with Gasteiger partial charge in [-0.15, -0.1) is 0 Å². The first-order chi connectivity index (χ1) is 9.60. The molecule has 20 heavy (non-hydrogen) atoms. The Kier molecular flexibility index (Phi) is 5.15. The summed E-state index contributed by atoms with van der Waals surface area (Å²) in [4.78, 5) is 16.2. The normalized spacial score (nSPS) is 20.1. The highest BCUT2D eigenvalue weighted by Crippen LogP contribution is 2.16. The van der Waals surface area contributed by atoms with Crippen LogP contribution >= 0.6 is 0 Å². The molecule has 0 saturated carbocycles. The zero-order chi connectivity index (χ0) is 14.5. The topological polar surface area (TPSA) is 32.8 Å². The maximum Gasteiger partial charge on any atom is 0.337 e. The summed E-state index contributed by atoms with van der Waals surface area (Å²) in [5.41, 5.74) is 1.86. The van der Waals surface area contributed by atoms with Crippen molar-refractivity contribution in [2.45, 2.75) is 25.4 Å². The average molecular weight is 276 g/mol. The molecule has 1 unspecified atom stereocenters. The second-order valence-corrected chi connectivity index (χ2v) is 5.68. The van der Waals surface area contributed by atoms with Crippen molar-refractivity contribution in [1.29, 1.82) is 0 Å². The number of hydrogen-bond acceptors (Lipinski definition) is 4. The largest absolute Gasteiger partial charge is 0.465 e. The molecule has 0 N–H and O–H groups in total. The summed E-state index contributed by atoms with van der Waals surface area (Å²) in [6.07, 6.45) is 2.54. The van der Waals surface area contributed by atoms with Gasteiger partial charge in [-0.25, -0.2) is 4.79 Å². The Morgan fingerprint density at radius 1 is 1.35 bits per heavy atom. The summed E-state index contributed by atoms with van der Waals surface area (Å²) in [7, 11) is 5.71. The van der Waals surface area contributed by atoms with Crippen molar-refractivity contribution in [1.82, 2.24) is 9.80 Å². The van der Waals surface area contributed by atoms with Gasteiger partial charge in [0, 0.05) is 19.1 Å². The van der Waals surface area contributed by atoms with Crippen molar-refractivity contribution in [3.05, 3.63) is 35.4 Å². The van der Waals surface area contributed by atoms with Crippen LogP contribution in [0.5, 0.6) is 0 Å². The van der Waals surface area contributed by atoms with E-state index in [2.05, 4.69) is 23.9 Å². The summed E-state index contributed by atoms with van der Waals surface area (Å²) >= 11 is 0. The molecule has 110 valence electrons. The van der Waals surface area contributed by atoms with Crippen molar-refractivity contribution in [2.75, 3.05) is 34.3 Å². The molecular weight excluding hydrogens is 252 g/mol. The zero-order valence-electron chi connectivity index (χ0n) is 12.6. The maximum atomic E-state index is 11.4. The van der Waals surface area contributed by atoms with Gasteiger partial charge in [0.15, 0.2) is 0 Å². The molecule has 1 heterocycles. The summed E-state index contributed by atoms with van der Waals surface area (Å²) in [6, 6.07) is 8.37. The first-order valence-electron chi connectivity index (χ1n) is 7.16. The van der Waals surface area contributed by atoms with E-state index in [-0.39, 0.29) is 5.97 Å². The van der Waals surface area contributed by atoms with Crippen molar-refractivity contribution in [3.8, 4) is 0 Å². The molecule has 1 aromatic rings. The fraction of sp³-hybridized carbons (Fsp3) is 0.562. The lowest BCUT2D eigenvalue weighted by molar-refractivity contribution is 0.0600. The Morgan fingerprint density at radius 3 is 2.65 bits per heavy atom. The van der Waals surface area contributed by atoms with Gasteiger partial charge in [0.25, 0.3) is 0 Å². The number of methoxy groups -OCH3 is 1. The van der Waals surface area contributed by atoms with E-state index in [1.807, 2.05) is 24.3 Å². The van der Waals surface area contributed by atoms with Gasteiger partial charge in [0.1, 0.15) is 0 Å². The van der Waals surface area contributed by atoms with Gasteiger partial charge in [-0.05, 0) is 51.2 Å². The number of benzene rings is 1. The minimum Gasteiger partial charge on any atom is -0.465 e. The van der Waals surface area contributed by atoms with Crippen LogP contribution in [0.25, 0.3) is 0 Å². The molecule has 1 saturated heterocycles. The second-order valence-electron chi connectivity index (χ2n) is 5.68. The van der Waals surface area contributed by atoms with E-state index in [4.69, 9.17) is 4.74 Å². The predicted octanol–water partition coefficient (Wildman–Crippen LogP) is 2.00. The number of piperidine rings is 1. The molecule has 4 heteroatoms. The van der Waals surface area contributed by atoms with Crippen LogP contribution in [0, 0.1) is 0 Å². The van der Waals surface area contributed by atoms with Crippen LogP contribution in [0.15, 0.2) is 24.3 Å². The van der Waals surface area contributed by atoms with E-state index in [1.165, 1.54) is 25.5 Å². The van der Waals surface area contributed by atoms with Crippen LogP contribution in [-0.4, -0.2) is 56.1 Å². The van der Waals surface area contributed by atoms with E-state index in [9.17, 15) is 4.79 Å². The molecular formula is C16H24N2O2. The molecule has 4 nitrogen and oxygen atoms in total. The van der Waals surface area contributed by atoms with E-state index in [1.54, 1.807) is 0 Å². The molecule has 0 radical (unpaired) electrons. The molecule has 0 aliphatic carbocycles. The number of ether oxygens (including phenoxy) is 1. The molecule has 2 rings (SSSR count). The standard InChI is InChI=1S/C16H24N2O2/c1-17(2)15-5-4-10-18(12-15)11-13-6-8-14(9-7-13)16(19)20-3/h6-9,15H,4-5,10-12H2,1-3H3. The summed E-state index contributed by atoms with van der Waals surface area (Å²) in [5.74, 6) is -0.276. The van der Waals surface area contributed by atoms with Gasteiger partial charge in [-0.3, -0.25) is 4.90 Å². The number of carbonyl (C=O) groups is 1. The highest BCUT2D eigenvalue weighted by atomic mass is 16.5. The van der Waals surface area contributed by atoms with E-state index in [0.717, 1.165) is 19.6 Å². The van der Waals surface area contributed by atoms with Crippen LogP contribution in [-0.2, 0) is 11.3 Å². The van der Waals surface area contributed by atoms with Gasteiger partial charge in [-0.2, -0.15) is 0 Å². The fourth-order valence-corrected chi connectivity index (χ4v) is 2.72. The van der Waals surface area contributed by atoms with E-state index >= 15 is 0 Å². The Hall–Kier alpha value is -1.39. The lowest BCUT2D eigenvalue weighted by Crippen LogP contribution is -2.44. The monoisotopic (exact) mass is 276 g/mol.